The van der Waals surface area contributed by atoms with E-state index in [0.717, 1.165) is 45.1 Å². The summed E-state index contributed by atoms with van der Waals surface area (Å²) in [7, 11) is -2.52. The molecule has 0 spiro atoms. The van der Waals surface area contributed by atoms with Crippen molar-refractivity contribution in [2.75, 3.05) is 33.4 Å². The third kappa shape index (κ3) is 30.3. The van der Waals surface area contributed by atoms with Crippen molar-refractivity contribution in [1.29, 1.82) is 0 Å². The Hall–Kier alpha value is -1.77. The molecule has 0 aromatic heterocycles. The van der Waals surface area contributed by atoms with E-state index in [1.54, 1.807) is 24.3 Å². The van der Waals surface area contributed by atoms with Crippen LogP contribution in [0.3, 0.4) is 0 Å². The van der Waals surface area contributed by atoms with Crippen molar-refractivity contribution in [3.8, 4) is 0 Å². The number of hydrogen-bond donors (Lipinski definition) is 2. The Bertz CT molecular complexity index is 1110. The van der Waals surface area contributed by atoms with E-state index >= 15 is 0 Å². The SMILES string of the molecule is CCCCCCCCCCCCCCCC(=O)N[C@@H](COP(=O)(O)OCCN(C)CC)[C@@H](CCCCCCCCCCCCCCC)OC(=O)c1ccccc1. The molecule has 0 radical (unpaired) electrons. The van der Waals surface area contributed by atoms with Gasteiger partial charge in [0.15, 0.2) is 0 Å². The van der Waals surface area contributed by atoms with Gasteiger partial charge in [0.05, 0.1) is 24.8 Å². The first-order valence-corrected chi connectivity index (χ1v) is 24.6. The maximum Gasteiger partial charge on any atom is 0.472 e. The molecule has 0 saturated heterocycles. The van der Waals surface area contributed by atoms with Crippen LogP contribution in [0.4, 0.5) is 0 Å². The van der Waals surface area contributed by atoms with E-state index < -0.39 is 25.9 Å². The summed E-state index contributed by atoms with van der Waals surface area (Å²) in [6, 6.07) is 8.00. The lowest BCUT2D eigenvalue weighted by molar-refractivity contribution is -0.123. The van der Waals surface area contributed by atoms with Crippen molar-refractivity contribution in [3.05, 3.63) is 35.9 Å². The Morgan fingerprint density at radius 2 is 1.11 bits per heavy atom. The summed E-state index contributed by atoms with van der Waals surface area (Å²) in [6.45, 7) is 7.47. The Labute approximate surface area is 343 Å². The number of esters is 1. The van der Waals surface area contributed by atoms with Gasteiger partial charge in [-0.15, -0.1) is 0 Å². The lowest BCUT2D eigenvalue weighted by Crippen LogP contribution is -2.48. The first-order valence-electron chi connectivity index (χ1n) is 23.1. The van der Waals surface area contributed by atoms with E-state index in [-0.39, 0.29) is 19.1 Å². The van der Waals surface area contributed by atoms with Crippen molar-refractivity contribution in [2.45, 2.75) is 213 Å². The van der Waals surface area contributed by atoms with E-state index in [1.165, 1.54) is 128 Å². The van der Waals surface area contributed by atoms with Gasteiger partial charge in [0, 0.05) is 13.0 Å². The quantitative estimate of drug-likeness (QED) is 0.0383. The summed E-state index contributed by atoms with van der Waals surface area (Å²) >= 11 is 0. The van der Waals surface area contributed by atoms with Gasteiger partial charge in [-0.1, -0.05) is 193 Å². The number of nitrogens with one attached hydrogen (secondary N) is 1. The second-order valence-electron chi connectivity index (χ2n) is 16.0. The second-order valence-corrected chi connectivity index (χ2v) is 17.5. The highest BCUT2D eigenvalue weighted by atomic mass is 31.2. The van der Waals surface area contributed by atoms with Crippen molar-refractivity contribution < 1.29 is 32.8 Å². The number of phosphoric ester groups is 1. The van der Waals surface area contributed by atoms with Gasteiger partial charge in [0.2, 0.25) is 5.91 Å². The van der Waals surface area contributed by atoms with Crippen molar-refractivity contribution in [3.63, 3.8) is 0 Å². The molecule has 10 heteroatoms. The third-order valence-corrected chi connectivity index (χ3v) is 11.8. The molecule has 3 atom stereocenters. The molecule has 9 nitrogen and oxygen atoms in total. The normalized spacial score (nSPS) is 13.8. The molecule has 1 amide bonds. The largest absolute Gasteiger partial charge is 0.472 e. The zero-order valence-corrected chi connectivity index (χ0v) is 37.4. The van der Waals surface area contributed by atoms with Crippen LogP contribution in [-0.4, -0.2) is 67.2 Å². The van der Waals surface area contributed by atoms with Gasteiger partial charge in [0.25, 0.3) is 0 Å². The van der Waals surface area contributed by atoms with Crippen LogP contribution >= 0.6 is 7.82 Å². The molecule has 0 saturated carbocycles. The minimum Gasteiger partial charge on any atom is -0.456 e. The first-order chi connectivity index (χ1) is 27.2. The highest BCUT2D eigenvalue weighted by Crippen LogP contribution is 2.43. The second kappa shape index (κ2) is 36.3. The van der Waals surface area contributed by atoms with Crippen LogP contribution in [0.2, 0.25) is 0 Å². The van der Waals surface area contributed by atoms with Gasteiger partial charge in [-0.3, -0.25) is 13.8 Å². The molecule has 0 aliphatic rings. The molecule has 1 aromatic carbocycles. The number of benzene rings is 1. The van der Waals surface area contributed by atoms with E-state index in [9.17, 15) is 19.0 Å². The Morgan fingerprint density at radius 1 is 0.661 bits per heavy atom. The van der Waals surface area contributed by atoms with Crippen LogP contribution in [0.1, 0.15) is 211 Å². The van der Waals surface area contributed by atoms with Gasteiger partial charge in [-0.2, -0.15) is 0 Å². The molecule has 0 fully saturated rings. The van der Waals surface area contributed by atoms with Crippen molar-refractivity contribution >= 4 is 19.7 Å². The molecule has 1 aromatic rings. The van der Waals surface area contributed by atoms with Gasteiger partial charge < -0.3 is 19.8 Å². The number of hydrogen-bond acceptors (Lipinski definition) is 7. The topological polar surface area (TPSA) is 114 Å². The third-order valence-electron chi connectivity index (χ3n) is 10.8. The van der Waals surface area contributed by atoms with Gasteiger partial charge in [-0.25, -0.2) is 9.36 Å². The molecular formula is C46H85N2O7P. The molecule has 326 valence electrons. The average molecular weight is 809 g/mol. The van der Waals surface area contributed by atoms with E-state index in [4.69, 9.17) is 13.8 Å². The van der Waals surface area contributed by atoms with E-state index in [2.05, 4.69) is 19.2 Å². The molecule has 1 rings (SSSR count). The summed E-state index contributed by atoms with van der Waals surface area (Å²) < 4.78 is 29.7. The molecule has 0 bridgehead atoms. The van der Waals surface area contributed by atoms with E-state index in [1.807, 2.05) is 24.9 Å². The fourth-order valence-electron chi connectivity index (χ4n) is 6.99. The first kappa shape index (κ1) is 52.2. The van der Waals surface area contributed by atoms with Crippen LogP contribution in [0.15, 0.2) is 30.3 Å². The number of likely N-dealkylation sites (N-methyl/N-ethyl adjacent to an activating group) is 1. The number of carbonyl (C=O) groups excluding carboxylic acids is 2. The zero-order chi connectivity index (χ0) is 41.0. The Kier molecular flexibility index (Phi) is 33.9. The summed E-state index contributed by atoms with van der Waals surface area (Å²) in [6.07, 6.45) is 31.9. The van der Waals surface area contributed by atoms with Crippen molar-refractivity contribution in [2.24, 2.45) is 0 Å². The number of carbonyl (C=O) groups is 2. The molecule has 0 aliphatic heterocycles. The van der Waals surface area contributed by atoms with Crippen LogP contribution in [0.25, 0.3) is 0 Å². The van der Waals surface area contributed by atoms with Gasteiger partial charge >= 0.3 is 13.8 Å². The fourth-order valence-corrected chi connectivity index (χ4v) is 7.73. The Morgan fingerprint density at radius 3 is 1.57 bits per heavy atom. The number of unbranched alkanes of at least 4 members (excludes halogenated alkanes) is 24. The standard InChI is InChI=1S/C46H85N2O7P/c1-5-8-10-12-14-16-18-20-22-24-26-28-33-37-44(55-46(50)42-35-31-30-32-36-42)43(41-54-56(51,52)53-40-39-48(4)7-3)47-45(49)38-34-29-27-25-23-21-19-17-15-13-11-9-6-2/h30-32,35-36,43-44H,5-29,33-34,37-41H2,1-4H3,(H,47,49)(H,51,52)/t43-,44+/m0/s1. The maximum atomic E-state index is 13.3. The minimum absolute atomic E-state index is 0.0274. The molecule has 0 aliphatic carbocycles. The number of amides is 1. The van der Waals surface area contributed by atoms with Crippen LogP contribution < -0.4 is 5.32 Å². The van der Waals surface area contributed by atoms with Gasteiger partial charge in [-0.05, 0) is 45.0 Å². The average Bonchev–Trinajstić information content (AvgIpc) is 3.19. The minimum atomic E-state index is -4.42. The predicted octanol–water partition coefficient (Wildman–Crippen LogP) is 12.7. The number of phosphoric acid groups is 1. The summed E-state index contributed by atoms with van der Waals surface area (Å²) in [5, 5.41) is 3.03. The Balaban J connectivity index is 2.75. The summed E-state index contributed by atoms with van der Waals surface area (Å²) in [4.78, 5) is 39.1. The smallest absolute Gasteiger partial charge is 0.456 e. The molecule has 56 heavy (non-hydrogen) atoms. The van der Waals surface area contributed by atoms with Crippen LogP contribution in [0.5, 0.6) is 0 Å². The lowest BCUT2D eigenvalue weighted by atomic mass is 10.0. The molecule has 2 N–H and O–H groups in total. The zero-order valence-electron chi connectivity index (χ0n) is 36.5. The highest BCUT2D eigenvalue weighted by molar-refractivity contribution is 7.47. The van der Waals surface area contributed by atoms with E-state index in [0.29, 0.717) is 24.9 Å². The van der Waals surface area contributed by atoms with Crippen LogP contribution in [-0.2, 0) is 23.1 Å². The monoisotopic (exact) mass is 809 g/mol. The van der Waals surface area contributed by atoms with Gasteiger partial charge in [0.1, 0.15) is 6.10 Å². The number of nitrogens with zero attached hydrogens (tertiary/aromatic N) is 1. The number of ether oxygens (including phenoxy) is 1. The predicted molar refractivity (Wildman–Crippen MR) is 233 cm³/mol. The number of rotatable bonds is 40. The molecule has 1 unspecified atom stereocenters. The molecular weight excluding hydrogens is 723 g/mol. The summed E-state index contributed by atoms with van der Waals surface area (Å²) in [5.74, 6) is -0.668. The van der Waals surface area contributed by atoms with Crippen molar-refractivity contribution in [1.82, 2.24) is 10.2 Å². The fraction of sp³-hybridized carbons (Fsp3) is 0.826. The summed E-state index contributed by atoms with van der Waals surface area (Å²) in [5.41, 5.74) is 0.414. The molecule has 0 heterocycles. The highest BCUT2D eigenvalue weighted by Gasteiger charge is 2.31. The maximum absolute atomic E-state index is 13.3. The lowest BCUT2D eigenvalue weighted by Gasteiger charge is -2.29. The van der Waals surface area contributed by atoms with Crippen LogP contribution in [0, 0.1) is 0 Å².